The lowest BCUT2D eigenvalue weighted by Gasteiger charge is -2.15. The summed E-state index contributed by atoms with van der Waals surface area (Å²) >= 11 is 0. The second-order valence-corrected chi connectivity index (χ2v) is 7.79. The smallest absolute Gasteiger partial charge is 0.274 e. The summed E-state index contributed by atoms with van der Waals surface area (Å²) in [6, 6.07) is 18.3. The van der Waals surface area contributed by atoms with Gasteiger partial charge in [0.1, 0.15) is 12.2 Å². The molecule has 1 N–H and O–H groups in total. The van der Waals surface area contributed by atoms with Gasteiger partial charge in [0.2, 0.25) is 11.7 Å². The molecule has 2 aromatic heterocycles. The van der Waals surface area contributed by atoms with E-state index in [4.69, 9.17) is 9.26 Å². The van der Waals surface area contributed by atoms with Gasteiger partial charge >= 0.3 is 0 Å². The van der Waals surface area contributed by atoms with Crippen LogP contribution in [0.3, 0.4) is 0 Å². The maximum absolute atomic E-state index is 14.0. The van der Waals surface area contributed by atoms with Crippen LogP contribution in [0.4, 0.5) is 4.39 Å². The Morgan fingerprint density at radius 1 is 1.18 bits per heavy atom. The van der Waals surface area contributed by atoms with Crippen LogP contribution in [0.15, 0.2) is 71.4 Å². The van der Waals surface area contributed by atoms with Crippen LogP contribution >= 0.6 is 0 Å². The molecule has 4 rings (SSSR count). The van der Waals surface area contributed by atoms with E-state index in [1.807, 2.05) is 25.1 Å². The first kappa shape index (κ1) is 22.3. The van der Waals surface area contributed by atoms with Gasteiger partial charge in [0.25, 0.3) is 5.89 Å². The van der Waals surface area contributed by atoms with Crippen molar-refractivity contribution in [3.05, 3.63) is 78.2 Å². The average Bonchev–Trinajstić information content (AvgIpc) is 3.48. The molecule has 0 saturated carbocycles. The number of aromatic nitrogens is 3. The Morgan fingerprint density at radius 3 is 2.76 bits per heavy atom. The number of halogens is 1. The zero-order valence-electron chi connectivity index (χ0n) is 18.5. The molecule has 4 aromatic rings. The maximum atomic E-state index is 14.0. The van der Waals surface area contributed by atoms with Crippen LogP contribution in [0.2, 0.25) is 0 Å². The Bertz CT molecular complexity index is 1220. The number of ether oxygens (including phenoxy) is 1. The molecule has 1 amide bonds. The van der Waals surface area contributed by atoms with E-state index in [9.17, 15) is 9.18 Å². The van der Waals surface area contributed by atoms with Gasteiger partial charge in [-0.2, -0.15) is 4.98 Å². The number of aryl methyl sites for hydroxylation is 1. The summed E-state index contributed by atoms with van der Waals surface area (Å²) in [5.41, 5.74) is 2.32. The van der Waals surface area contributed by atoms with Crippen molar-refractivity contribution < 1.29 is 18.4 Å². The summed E-state index contributed by atoms with van der Waals surface area (Å²) in [6.07, 6.45) is 3.52. The second kappa shape index (κ2) is 10.1. The fourth-order valence-electron chi connectivity index (χ4n) is 3.57. The summed E-state index contributed by atoms with van der Waals surface area (Å²) in [4.78, 5) is 17.0. The first-order valence-corrected chi connectivity index (χ1v) is 10.7. The third-order valence-electron chi connectivity index (χ3n) is 5.31. The van der Waals surface area contributed by atoms with Crippen molar-refractivity contribution in [2.45, 2.75) is 32.4 Å². The molecule has 0 spiro atoms. The first-order chi connectivity index (χ1) is 16.0. The van der Waals surface area contributed by atoms with Crippen molar-refractivity contribution in [2.24, 2.45) is 0 Å². The van der Waals surface area contributed by atoms with E-state index in [-0.39, 0.29) is 36.0 Å². The van der Waals surface area contributed by atoms with E-state index >= 15 is 0 Å². The van der Waals surface area contributed by atoms with Crippen LogP contribution in [0.25, 0.3) is 23.0 Å². The number of carbonyl (C=O) groups excluding carboxylic acids is 1. The largest absolute Gasteiger partial charge is 0.494 e. The second-order valence-electron chi connectivity index (χ2n) is 7.79. The highest BCUT2D eigenvalue weighted by molar-refractivity contribution is 5.76. The summed E-state index contributed by atoms with van der Waals surface area (Å²) < 4.78 is 26.1. The Kier molecular flexibility index (Phi) is 6.83. The number of carbonyl (C=O) groups is 1. The highest BCUT2D eigenvalue weighted by atomic mass is 19.1. The average molecular weight is 448 g/mol. The van der Waals surface area contributed by atoms with Gasteiger partial charge in [-0.05, 0) is 55.7 Å². The van der Waals surface area contributed by atoms with Gasteiger partial charge in [0, 0.05) is 17.8 Å². The summed E-state index contributed by atoms with van der Waals surface area (Å²) in [7, 11) is 1.40. The number of hydrogen-bond acceptors (Lipinski definition) is 5. The Balaban J connectivity index is 1.39. The van der Waals surface area contributed by atoms with Gasteiger partial charge in [0.15, 0.2) is 11.6 Å². The molecule has 0 bridgehead atoms. The number of methoxy groups -OCH3 is 1. The molecule has 33 heavy (non-hydrogen) atoms. The van der Waals surface area contributed by atoms with Gasteiger partial charge in [-0.25, -0.2) is 4.39 Å². The molecule has 8 heteroatoms. The van der Waals surface area contributed by atoms with Gasteiger partial charge in [-0.1, -0.05) is 35.5 Å². The number of nitrogens with one attached hydrogen (secondary N) is 1. The van der Waals surface area contributed by atoms with Gasteiger partial charge in [-0.3, -0.25) is 4.79 Å². The van der Waals surface area contributed by atoms with Crippen LogP contribution < -0.4 is 10.1 Å². The van der Waals surface area contributed by atoms with Crippen molar-refractivity contribution >= 4 is 5.91 Å². The van der Waals surface area contributed by atoms with Crippen molar-refractivity contribution in [3.8, 4) is 28.7 Å². The van der Waals surface area contributed by atoms with E-state index in [1.165, 1.54) is 24.8 Å². The number of nitrogens with zero attached hydrogens (tertiary/aromatic N) is 3. The molecule has 0 radical (unpaired) electrons. The van der Waals surface area contributed by atoms with Gasteiger partial charge < -0.3 is 19.1 Å². The molecule has 170 valence electrons. The molecule has 0 saturated heterocycles. The zero-order valence-corrected chi connectivity index (χ0v) is 18.5. The molecule has 0 aliphatic carbocycles. The number of hydrogen-bond donors (Lipinski definition) is 1. The fourth-order valence-corrected chi connectivity index (χ4v) is 3.57. The predicted molar refractivity (Wildman–Crippen MR) is 122 cm³/mol. The lowest BCUT2D eigenvalue weighted by Crippen LogP contribution is -2.35. The lowest BCUT2D eigenvalue weighted by molar-refractivity contribution is -0.122. The van der Waals surface area contributed by atoms with E-state index in [0.717, 1.165) is 12.8 Å². The maximum Gasteiger partial charge on any atom is 0.274 e. The Labute approximate surface area is 191 Å². The molecule has 0 aliphatic heterocycles. The van der Waals surface area contributed by atoms with Crippen molar-refractivity contribution in [2.75, 3.05) is 7.11 Å². The Hall–Kier alpha value is -3.94. The minimum atomic E-state index is -0.511. The van der Waals surface area contributed by atoms with Crippen LogP contribution in [0.1, 0.15) is 18.9 Å². The monoisotopic (exact) mass is 448 g/mol. The van der Waals surface area contributed by atoms with Crippen molar-refractivity contribution in [1.82, 2.24) is 20.0 Å². The highest BCUT2D eigenvalue weighted by Crippen LogP contribution is 2.26. The van der Waals surface area contributed by atoms with Crippen LogP contribution in [-0.2, 0) is 17.8 Å². The first-order valence-electron chi connectivity index (χ1n) is 10.7. The van der Waals surface area contributed by atoms with Crippen LogP contribution in [0.5, 0.6) is 5.75 Å². The third kappa shape index (κ3) is 5.46. The lowest BCUT2D eigenvalue weighted by atomic mass is 10.1. The van der Waals surface area contributed by atoms with E-state index in [2.05, 4.69) is 27.6 Å². The quantitative estimate of drug-likeness (QED) is 0.408. The summed E-state index contributed by atoms with van der Waals surface area (Å²) in [5.74, 6) is 0.0163. The minimum Gasteiger partial charge on any atom is -0.494 e. The fraction of sp³-hybridized carbons (Fsp3) is 0.240. The third-order valence-corrected chi connectivity index (χ3v) is 5.31. The van der Waals surface area contributed by atoms with Crippen LogP contribution in [-0.4, -0.2) is 33.8 Å². The van der Waals surface area contributed by atoms with E-state index < -0.39 is 5.82 Å². The van der Waals surface area contributed by atoms with Crippen molar-refractivity contribution in [3.63, 3.8) is 0 Å². The zero-order chi connectivity index (χ0) is 23.2. The molecule has 0 unspecified atom stereocenters. The predicted octanol–water partition coefficient (Wildman–Crippen LogP) is 4.49. The summed E-state index contributed by atoms with van der Waals surface area (Å²) in [5, 5.41) is 6.99. The molecule has 2 heterocycles. The normalized spacial score (nSPS) is 11.8. The molecule has 1 atom stereocenters. The van der Waals surface area contributed by atoms with Gasteiger partial charge in [-0.15, -0.1) is 0 Å². The standard InChI is InChI=1S/C25H25FN4O3/c1-17(10-11-18-7-4-3-5-8-18)27-23(31)16-30-14-6-9-21(30)25-28-24(29-33-25)19-12-13-22(32-2)20(26)15-19/h3-9,12-15,17H,10-11,16H2,1-2H3,(H,27,31)/t17-/m1/s1. The van der Waals surface area contributed by atoms with E-state index in [1.54, 1.807) is 29.0 Å². The number of rotatable bonds is 9. The SMILES string of the molecule is COc1ccc(-c2noc(-c3cccn3CC(=O)N[C@H](C)CCc3ccccc3)n2)cc1F. The van der Waals surface area contributed by atoms with E-state index in [0.29, 0.717) is 11.3 Å². The molecular formula is C25H25FN4O3. The molecular weight excluding hydrogens is 423 g/mol. The topological polar surface area (TPSA) is 82.2 Å². The number of amides is 1. The molecule has 0 aliphatic rings. The van der Waals surface area contributed by atoms with Gasteiger partial charge in [0.05, 0.1) is 7.11 Å². The molecule has 0 fully saturated rings. The summed E-state index contributed by atoms with van der Waals surface area (Å²) in [6.45, 7) is 2.11. The molecule has 7 nitrogen and oxygen atoms in total. The molecule has 2 aromatic carbocycles. The Morgan fingerprint density at radius 2 is 2.00 bits per heavy atom. The number of benzene rings is 2. The minimum absolute atomic E-state index is 0.0386. The highest BCUT2D eigenvalue weighted by Gasteiger charge is 2.17. The van der Waals surface area contributed by atoms with Crippen LogP contribution in [0, 0.1) is 5.82 Å². The van der Waals surface area contributed by atoms with Crippen molar-refractivity contribution in [1.29, 1.82) is 0 Å².